The van der Waals surface area contributed by atoms with Gasteiger partial charge < -0.3 is 20.8 Å². The van der Waals surface area contributed by atoms with Crippen molar-refractivity contribution in [1.29, 1.82) is 0 Å². The molecule has 20 heavy (non-hydrogen) atoms. The Kier molecular flexibility index (Phi) is 3.86. The van der Waals surface area contributed by atoms with Gasteiger partial charge in [0.1, 0.15) is 11.6 Å². The highest BCUT2D eigenvalue weighted by Gasteiger charge is 2.29. The molecule has 0 aliphatic carbocycles. The summed E-state index contributed by atoms with van der Waals surface area (Å²) >= 11 is 0. The van der Waals surface area contributed by atoms with Gasteiger partial charge in [0.15, 0.2) is 0 Å². The van der Waals surface area contributed by atoms with Gasteiger partial charge in [-0.15, -0.1) is 0 Å². The SMILES string of the molecule is NNc1cc(N2CCC(N3CCOCC3)C2)nc(N)n1. The number of ether oxygens (including phenoxy) is 1. The second kappa shape index (κ2) is 5.78. The highest BCUT2D eigenvalue weighted by molar-refractivity contribution is 5.52. The quantitative estimate of drug-likeness (QED) is 0.490. The first-order valence-corrected chi connectivity index (χ1v) is 6.94. The van der Waals surface area contributed by atoms with Crippen molar-refractivity contribution in [2.45, 2.75) is 12.5 Å². The lowest BCUT2D eigenvalue weighted by molar-refractivity contribution is 0.0209. The van der Waals surface area contributed by atoms with Gasteiger partial charge in [-0.05, 0) is 6.42 Å². The van der Waals surface area contributed by atoms with Crippen LogP contribution in [0.15, 0.2) is 6.07 Å². The van der Waals surface area contributed by atoms with E-state index < -0.39 is 0 Å². The molecule has 8 heteroatoms. The number of nitrogens with one attached hydrogen (secondary N) is 1. The number of aromatic nitrogens is 2. The lowest BCUT2D eigenvalue weighted by Gasteiger charge is -2.32. The van der Waals surface area contributed by atoms with Crippen molar-refractivity contribution in [3.63, 3.8) is 0 Å². The average molecular weight is 279 g/mol. The van der Waals surface area contributed by atoms with Gasteiger partial charge in [0, 0.05) is 38.3 Å². The number of hydrazine groups is 1. The monoisotopic (exact) mass is 279 g/mol. The Hall–Kier alpha value is -1.64. The molecule has 1 unspecified atom stereocenters. The van der Waals surface area contributed by atoms with E-state index in [0.717, 1.165) is 51.6 Å². The molecule has 0 saturated carbocycles. The fourth-order valence-electron chi connectivity index (χ4n) is 2.88. The molecule has 2 aliphatic rings. The van der Waals surface area contributed by atoms with Crippen LogP contribution < -0.4 is 21.9 Å². The number of anilines is 3. The van der Waals surface area contributed by atoms with Crippen LogP contribution in [0.3, 0.4) is 0 Å². The van der Waals surface area contributed by atoms with Crippen LogP contribution in [0.4, 0.5) is 17.6 Å². The van der Waals surface area contributed by atoms with E-state index in [0.29, 0.717) is 11.9 Å². The van der Waals surface area contributed by atoms with Crippen LogP contribution in [0.25, 0.3) is 0 Å². The summed E-state index contributed by atoms with van der Waals surface area (Å²) in [6, 6.07) is 2.39. The molecule has 0 spiro atoms. The van der Waals surface area contributed by atoms with E-state index in [1.54, 1.807) is 0 Å². The van der Waals surface area contributed by atoms with Gasteiger partial charge in [0.25, 0.3) is 0 Å². The molecular formula is C12H21N7O. The van der Waals surface area contributed by atoms with E-state index in [9.17, 15) is 0 Å². The third kappa shape index (κ3) is 2.77. The van der Waals surface area contributed by atoms with E-state index >= 15 is 0 Å². The maximum Gasteiger partial charge on any atom is 0.223 e. The van der Waals surface area contributed by atoms with Crippen LogP contribution in [-0.4, -0.2) is 60.3 Å². The van der Waals surface area contributed by atoms with E-state index in [4.69, 9.17) is 16.3 Å². The van der Waals surface area contributed by atoms with Crippen LogP contribution in [0.2, 0.25) is 0 Å². The van der Waals surface area contributed by atoms with Crippen molar-refractivity contribution in [3.05, 3.63) is 6.07 Å². The summed E-state index contributed by atoms with van der Waals surface area (Å²) in [5.41, 5.74) is 8.23. The molecule has 5 N–H and O–H groups in total. The molecule has 0 bridgehead atoms. The van der Waals surface area contributed by atoms with Gasteiger partial charge in [-0.2, -0.15) is 9.97 Å². The molecule has 1 atom stereocenters. The summed E-state index contributed by atoms with van der Waals surface area (Å²) in [6.07, 6.45) is 1.13. The number of hydrogen-bond donors (Lipinski definition) is 3. The summed E-state index contributed by atoms with van der Waals surface area (Å²) in [4.78, 5) is 13.0. The van der Waals surface area contributed by atoms with Gasteiger partial charge in [0.05, 0.1) is 13.2 Å². The predicted molar refractivity (Wildman–Crippen MR) is 77.3 cm³/mol. The lowest BCUT2D eigenvalue weighted by atomic mass is 10.2. The highest BCUT2D eigenvalue weighted by Crippen LogP contribution is 2.24. The number of nitrogens with zero attached hydrogens (tertiary/aromatic N) is 4. The van der Waals surface area contributed by atoms with Crippen molar-refractivity contribution >= 4 is 17.6 Å². The largest absolute Gasteiger partial charge is 0.379 e. The number of nitrogen functional groups attached to an aromatic ring is 2. The highest BCUT2D eigenvalue weighted by atomic mass is 16.5. The fourth-order valence-corrected chi connectivity index (χ4v) is 2.88. The molecule has 0 amide bonds. The third-order valence-corrected chi connectivity index (χ3v) is 3.93. The van der Waals surface area contributed by atoms with Gasteiger partial charge in [-0.1, -0.05) is 0 Å². The maximum absolute atomic E-state index is 5.71. The number of rotatable bonds is 3. The Labute approximate surface area is 118 Å². The van der Waals surface area contributed by atoms with Crippen molar-refractivity contribution in [2.75, 3.05) is 55.5 Å². The molecule has 2 saturated heterocycles. The standard InChI is InChI=1S/C12H21N7O/c13-12-15-10(17-14)7-11(16-12)19-2-1-9(8-19)18-3-5-20-6-4-18/h7,9H,1-6,8,14H2,(H3,13,15,16,17). The minimum Gasteiger partial charge on any atom is -0.379 e. The van der Waals surface area contributed by atoms with Gasteiger partial charge >= 0.3 is 0 Å². The zero-order valence-corrected chi connectivity index (χ0v) is 11.5. The fraction of sp³-hybridized carbons (Fsp3) is 0.667. The molecular weight excluding hydrogens is 258 g/mol. The minimum absolute atomic E-state index is 0.241. The Morgan fingerprint density at radius 1 is 1.25 bits per heavy atom. The molecule has 1 aromatic heterocycles. The molecule has 8 nitrogen and oxygen atoms in total. The summed E-state index contributed by atoms with van der Waals surface area (Å²) in [6.45, 7) is 5.62. The zero-order chi connectivity index (χ0) is 13.9. The van der Waals surface area contributed by atoms with Gasteiger partial charge in [-0.3, -0.25) is 4.90 Å². The number of morpholine rings is 1. The van der Waals surface area contributed by atoms with Crippen molar-refractivity contribution in [1.82, 2.24) is 14.9 Å². The Morgan fingerprint density at radius 2 is 2.05 bits per heavy atom. The van der Waals surface area contributed by atoms with Gasteiger partial charge in [-0.25, -0.2) is 5.84 Å². The van der Waals surface area contributed by atoms with Crippen molar-refractivity contribution < 1.29 is 4.74 Å². The summed E-state index contributed by atoms with van der Waals surface area (Å²) in [5, 5.41) is 0. The summed E-state index contributed by atoms with van der Waals surface area (Å²) in [7, 11) is 0. The second-order valence-electron chi connectivity index (χ2n) is 5.15. The second-order valence-corrected chi connectivity index (χ2v) is 5.15. The molecule has 2 aliphatic heterocycles. The van der Waals surface area contributed by atoms with E-state index in [-0.39, 0.29) is 5.95 Å². The smallest absolute Gasteiger partial charge is 0.223 e. The lowest BCUT2D eigenvalue weighted by Crippen LogP contribution is -2.44. The Morgan fingerprint density at radius 3 is 2.80 bits per heavy atom. The normalized spacial score (nSPS) is 24.1. The number of hydrogen-bond acceptors (Lipinski definition) is 8. The predicted octanol–water partition coefficient (Wildman–Crippen LogP) is -0.745. The Balaban J connectivity index is 1.68. The van der Waals surface area contributed by atoms with Crippen LogP contribution in [0.5, 0.6) is 0 Å². The first-order valence-electron chi connectivity index (χ1n) is 6.94. The molecule has 0 radical (unpaired) electrons. The van der Waals surface area contributed by atoms with Crippen molar-refractivity contribution in [2.24, 2.45) is 5.84 Å². The van der Waals surface area contributed by atoms with E-state index in [1.807, 2.05) is 6.07 Å². The molecule has 110 valence electrons. The summed E-state index contributed by atoms with van der Waals surface area (Å²) in [5.74, 6) is 7.01. The molecule has 1 aromatic rings. The minimum atomic E-state index is 0.241. The molecule has 2 fully saturated rings. The molecule has 0 aromatic carbocycles. The van der Waals surface area contributed by atoms with E-state index in [2.05, 4.69) is 25.2 Å². The maximum atomic E-state index is 5.71. The van der Waals surface area contributed by atoms with Crippen LogP contribution >= 0.6 is 0 Å². The van der Waals surface area contributed by atoms with Crippen LogP contribution in [-0.2, 0) is 4.74 Å². The molecule has 3 rings (SSSR count). The average Bonchev–Trinajstić information content (AvgIpc) is 2.97. The zero-order valence-electron chi connectivity index (χ0n) is 11.5. The van der Waals surface area contributed by atoms with Crippen LogP contribution in [0, 0.1) is 0 Å². The van der Waals surface area contributed by atoms with Gasteiger partial charge in [0.2, 0.25) is 5.95 Å². The third-order valence-electron chi connectivity index (χ3n) is 3.93. The Bertz CT molecular complexity index is 463. The number of nitrogens with two attached hydrogens (primary N) is 2. The van der Waals surface area contributed by atoms with Crippen LogP contribution in [0.1, 0.15) is 6.42 Å². The summed E-state index contributed by atoms with van der Waals surface area (Å²) < 4.78 is 5.40. The first kappa shape index (κ1) is 13.3. The topological polar surface area (TPSA) is 106 Å². The van der Waals surface area contributed by atoms with Crippen molar-refractivity contribution in [3.8, 4) is 0 Å². The van der Waals surface area contributed by atoms with E-state index in [1.165, 1.54) is 0 Å². The first-order chi connectivity index (χ1) is 9.76. The molecule has 3 heterocycles.